The lowest BCUT2D eigenvalue weighted by atomic mass is 9.81. The number of rotatable bonds is 13. The lowest BCUT2D eigenvalue weighted by molar-refractivity contribution is -0.170. The van der Waals surface area contributed by atoms with Gasteiger partial charge in [0.25, 0.3) is 5.91 Å². The third-order valence-electron chi connectivity index (χ3n) is 6.63. The second kappa shape index (κ2) is 15.2. The molecule has 0 aromatic heterocycles. The topological polar surface area (TPSA) is 117 Å². The van der Waals surface area contributed by atoms with Gasteiger partial charge in [0.05, 0.1) is 25.2 Å². The summed E-state index contributed by atoms with van der Waals surface area (Å²) in [5, 5.41) is 2.84. The number of esters is 3. The number of hydrogen-bond donors (Lipinski definition) is 1. The molecule has 4 aromatic rings. The molecule has 9 heteroatoms. The smallest absolute Gasteiger partial charge is 0.331 e. The summed E-state index contributed by atoms with van der Waals surface area (Å²) in [7, 11) is 0. The Labute approximate surface area is 255 Å². The Morgan fingerprint density at radius 1 is 0.659 bits per heavy atom. The second-order valence-electron chi connectivity index (χ2n) is 9.61. The van der Waals surface area contributed by atoms with Gasteiger partial charge >= 0.3 is 17.9 Å². The molecule has 4 aromatic carbocycles. The van der Waals surface area contributed by atoms with Gasteiger partial charge in [0.15, 0.2) is 0 Å². The Balaban J connectivity index is 1.42. The van der Waals surface area contributed by atoms with E-state index in [2.05, 4.69) is 5.32 Å². The maximum absolute atomic E-state index is 13.1. The van der Waals surface area contributed by atoms with Crippen molar-refractivity contribution in [2.75, 3.05) is 25.1 Å². The zero-order valence-corrected chi connectivity index (χ0v) is 24.5. The number of carbonyl (C=O) groups excluding carboxylic acids is 4. The van der Waals surface area contributed by atoms with Crippen LogP contribution in [-0.2, 0) is 40.4 Å². The third kappa shape index (κ3) is 7.69. The number of para-hydroxylation sites is 2. The first-order chi connectivity index (χ1) is 21.4. The van der Waals surface area contributed by atoms with Crippen LogP contribution in [0.5, 0.6) is 11.5 Å². The average Bonchev–Trinajstić information content (AvgIpc) is 3.04. The highest BCUT2D eigenvalue weighted by molar-refractivity contribution is 6.07. The first-order valence-corrected chi connectivity index (χ1v) is 14.1. The van der Waals surface area contributed by atoms with E-state index in [0.29, 0.717) is 33.9 Å². The van der Waals surface area contributed by atoms with Crippen LogP contribution in [0.1, 0.15) is 35.3 Å². The predicted octanol–water partition coefficient (Wildman–Crippen LogP) is 5.88. The largest absolute Gasteiger partial charge is 0.465 e. The monoisotopic (exact) mass is 595 g/mol. The summed E-state index contributed by atoms with van der Waals surface area (Å²) >= 11 is 0. The van der Waals surface area contributed by atoms with Gasteiger partial charge in [-0.1, -0.05) is 72.8 Å². The van der Waals surface area contributed by atoms with Crippen molar-refractivity contribution in [2.45, 2.75) is 25.7 Å². The minimum absolute atomic E-state index is 0.0231. The Morgan fingerprint density at radius 2 is 1.23 bits per heavy atom. The van der Waals surface area contributed by atoms with Crippen molar-refractivity contribution in [1.29, 1.82) is 0 Å². The quantitative estimate of drug-likeness (QED) is 0.116. The molecule has 0 saturated carbocycles. The van der Waals surface area contributed by atoms with Crippen LogP contribution in [0.15, 0.2) is 109 Å². The average molecular weight is 596 g/mol. The molecule has 0 saturated heterocycles. The van der Waals surface area contributed by atoms with Crippen molar-refractivity contribution in [3.05, 3.63) is 126 Å². The molecule has 0 atom stereocenters. The maximum atomic E-state index is 13.1. The number of amides is 1. The fraction of sp³-hybridized carbons (Fsp3) is 0.200. The molecule has 0 aliphatic rings. The third-order valence-corrected chi connectivity index (χ3v) is 6.63. The minimum Gasteiger partial charge on any atom is -0.465 e. The van der Waals surface area contributed by atoms with E-state index in [1.54, 1.807) is 105 Å². The van der Waals surface area contributed by atoms with Crippen LogP contribution in [0.2, 0.25) is 0 Å². The van der Waals surface area contributed by atoms with Gasteiger partial charge in [-0.2, -0.15) is 0 Å². The maximum Gasteiger partial charge on any atom is 0.331 e. The second-order valence-corrected chi connectivity index (χ2v) is 9.61. The summed E-state index contributed by atoms with van der Waals surface area (Å²) in [6.45, 7) is 2.69. The van der Waals surface area contributed by atoms with Crippen molar-refractivity contribution in [3.8, 4) is 11.5 Å². The summed E-state index contributed by atoms with van der Waals surface area (Å²) in [6, 6.07) is 31.0. The van der Waals surface area contributed by atoms with Crippen molar-refractivity contribution >= 4 is 29.5 Å². The van der Waals surface area contributed by atoms with Gasteiger partial charge < -0.3 is 24.3 Å². The van der Waals surface area contributed by atoms with E-state index in [9.17, 15) is 19.2 Å². The van der Waals surface area contributed by atoms with Gasteiger partial charge in [-0.05, 0) is 61.4 Å². The summed E-state index contributed by atoms with van der Waals surface area (Å²) in [5.41, 5.74) is -0.222. The molecular weight excluding hydrogens is 562 g/mol. The molecule has 1 amide bonds. The Kier molecular flexibility index (Phi) is 10.8. The summed E-state index contributed by atoms with van der Waals surface area (Å²) < 4.78 is 21.8. The molecule has 0 heterocycles. The highest BCUT2D eigenvalue weighted by Gasteiger charge is 2.52. The number of carbonyl (C=O) groups is 4. The van der Waals surface area contributed by atoms with Crippen molar-refractivity contribution in [1.82, 2.24) is 0 Å². The van der Waals surface area contributed by atoms with E-state index in [1.165, 1.54) is 0 Å². The molecule has 0 aliphatic heterocycles. The van der Waals surface area contributed by atoms with Gasteiger partial charge in [0.1, 0.15) is 18.1 Å². The van der Waals surface area contributed by atoms with Crippen molar-refractivity contribution in [2.24, 2.45) is 0 Å². The summed E-state index contributed by atoms with van der Waals surface area (Å²) in [6.07, 6.45) is -0.140. The van der Waals surface area contributed by atoms with E-state index in [0.717, 1.165) is 0 Å². The number of benzene rings is 4. The molecular formula is C35H33NO8. The SMILES string of the molecule is CCOC(=O)C(COC(=O)Cc1ccc(NC(=O)c2ccccc2Oc2ccccc2)cc1)(C(=O)OCC)c1ccccc1. The van der Waals surface area contributed by atoms with E-state index in [-0.39, 0.29) is 25.5 Å². The van der Waals surface area contributed by atoms with Crippen LogP contribution in [-0.4, -0.2) is 43.6 Å². The highest BCUT2D eigenvalue weighted by Crippen LogP contribution is 2.30. The normalized spacial score (nSPS) is 10.8. The fourth-order valence-corrected chi connectivity index (χ4v) is 4.42. The number of nitrogens with one attached hydrogen (secondary N) is 1. The van der Waals surface area contributed by atoms with Crippen molar-refractivity contribution in [3.63, 3.8) is 0 Å². The van der Waals surface area contributed by atoms with E-state index in [4.69, 9.17) is 18.9 Å². The lowest BCUT2D eigenvalue weighted by Gasteiger charge is -2.29. The Hall–Kier alpha value is -5.44. The number of ether oxygens (including phenoxy) is 4. The van der Waals surface area contributed by atoms with E-state index < -0.39 is 29.9 Å². The number of anilines is 1. The molecule has 0 unspecified atom stereocenters. The van der Waals surface area contributed by atoms with E-state index in [1.807, 2.05) is 18.2 Å². The molecule has 0 fully saturated rings. The molecule has 0 spiro atoms. The van der Waals surface area contributed by atoms with Gasteiger partial charge in [0.2, 0.25) is 5.41 Å². The van der Waals surface area contributed by atoms with Crippen LogP contribution >= 0.6 is 0 Å². The standard InChI is InChI=1S/C35H33NO8/c1-3-41-33(39)35(34(40)42-4-2,26-13-7-5-8-14-26)24-43-31(37)23-25-19-21-27(22-20-25)36-32(38)29-17-11-12-18-30(29)44-28-15-9-6-10-16-28/h5-22H,3-4,23-24H2,1-2H3,(H,36,38). The summed E-state index contributed by atoms with van der Waals surface area (Å²) in [5.74, 6) is -1.74. The summed E-state index contributed by atoms with van der Waals surface area (Å²) in [4.78, 5) is 52.2. The molecule has 0 bridgehead atoms. The van der Waals surface area contributed by atoms with Crippen LogP contribution in [0.25, 0.3) is 0 Å². The van der Waals surface area contributed by atoms with E-state index >= 15 is 0 Å². The zero-order valence-electron chi connectivity index (χ0n) is 24.5. The predicted molar refractivity (Wildman–Crippen MR) is 163 cm³/mol. The van der Waals surface area contributed by atoms with Crippen LogP contribution < -0.4 is 10.1 Å². The Bertz CT molecular complexity index is 1550. The molecule has 1 N–H and O–H groups in total. The molecule has 0 radical (unpaired) electrons. The van der Waals surface area contributed by atoms with Gasteiger partial charge in [-0.3, -0.25) is 19.2 Å². The van der Waals surface area contributed by atoms with Gasteiger partial charge in [-0.15, -0.1) is 0 Å². The van der Waals surface area contributed by atoms with Crippen molar-refractivity contribution < 1.29 is 38.1 Å². The fourth-order valence-electron chi connectivity index (χ4n) is 4.42. The lowest BCUT2D eigenvalue weighted by Crippen LogP contribution is -2.50. The highest BCUT2D eigenvalue weighted by atomic mass is 16.6. The minimum atomic E-state index is -1.97. The zero-order chi connectivity index (χ0) is 31.4. The van der Waals surface area contributed by atoms with Gasteiger partial charge in [0, 0.05) is 5.69 Å². The van der Waals surface area contributed by atoms with Crippen LogP contribution in [0, 0.1) is 0 Å². The van der Waals surface area contributed by atoms with Gasteiger partial charge in [-0.25, -0.2) is 0 Å². The molecule has 226 valence electrons. The Morgan fingerprint density at radius 3 is 1.84 bits per heavy atom. The molecule has 0 aliphatic carbocycles. The molecule has 4 rings (SSSR count). The molecule has 44 heavy (non-hydrogen) atoms. The molecule has 9 nitrogen and oxygen atoms in total. The number of hydrogen-bond acceptors (Lipinski definition) is 8. The first kappa shape index (κ1) is 31.5. The van der Waals surface area contributed by atoms with Crippen LogP contribution in [0.4, 0.5) is 5.69 Å². The first-order valence-electron chi connectivity index (χ1n) is 14.1. The van der Waals surface area contributed by atoms with Crippen LogP contribution in [0.3, 0.4) is 0 Å².